The molecule has 0 saturated carbocycles. The molecule has 80 valence electrons. The Morgan fingerprint density at radius 2 is 2.33 bits per heavy atom. The number of nitrogens with zero attached hydrogens (tertiary/aromatic N) is 1. The third kappa shape index (κ3) is 1.99. The number of halogens is 1. The van der Waals surface area contributed by atoms with Crippen LogP contribution in [-0.2, 0) is 4.79 Å². The fraction of sp³-hybridized carbons (Fsp3) is 0.400. The number of hydrogen-bond acceptors (Lipinski definition) is 3. The van der Waals surface area contributed by atoms with E-state index in [1.54, 1.807) is 6.07 Å². The predicted molar refractivity (Wildman–Crippen MR) is 61.9 cm³/mol. The summed E-state index contributed by atoms with van der Waals surface area (Å²) in [5.74, 6) is -0.224. The van der Waals surface area contributed by atoms with E-state index in [2.05, 4.69) is 15.9 Å². The van der Waals surface area contributed by atoms with Crippen LogP contribution >= 0.6 is 27.3 Å². The maximum Gasteiger partial charge on any atom is 0.270 e. The Kier molecular flexibility index (Phi) is 2.93. The van der Waals surface area contributed by atoms with Crippen LogP contribution in [0.1, 0.15) is 29.4 Å². The zero-order chi connectivity index (χ0) is 11.0. The Hall–Kier alpha value is -0.680. The van der Waals surface area contributed by atoms with Crippen molar-refractivity contribution in [3.8, 4) is 0 Å². The van der Waals surface area contributed by atoms with E-state index in [0.29, 0.717) is 11.3 Å². The van der Waals surface area contributed by atoms with E-state index in [1.807, 2.05) is 13.0 Å². The van der Waals surface area contributed by atoms with Crippen LogP contribution in [0.2, 0.25) is 0 Å². The minimum Gasteiger partial charge on any atom is -0.275 e. The third-order valence-corrected chi connectivity index (χ3v) is 4.10. The highest BCUT2D eigenvalue weighted by Gasteiger charge is 2.33. The number of carbonyl (C=O) groups is 2. The maximum atomic E-state index is 12.0. The van der Waals surface area contributed by atoms with Crippen molar-refractivity contribution in [3.63, 3.8) is 0 Å². The molecule has 2 rings (SSSR count). The summed E-state index contributed by atoms with van der Waals surface area (Å²) in [6, 6.07) is 3.60. The SMILES string of the molecule is CC1CCC(=O)N1C(=O)c1ccc(Br)s1. The van der Waals surface area contributed by atoms with Gasteiger partial charge in [0.25, 0.3) is 5.91 Å². The molecule has 0 aliphatic carbocycles. The summed E-state index contributed by atoms with van der Waals surface area (Å²) in [6.07, 6.45) is 1.26. The summed E-state index contributed by atoms with van der Waals surface area (Å²) in [6.45, 7) is 1.91. The molecule has 0 spiro atoms. The number of likely N-dealkylation sites (tertiary alicyclic amines) is 1. The summed E-state index contributed by atoms with van der Waals surface area (Å²) >= 11 is 4.66. The molecule has 1 atom stereocenters. The maximum absolute atomic E-state index is 12.0. The summed E-state index contributed by atoms with van der Waals surface area (Å²) in [5.41, 5.74) is 0. The molecule has 1 aromatic rings. The second-order valence-corrected chi connectivity index (χ2v) is 6.02. The molecule has 1 saturated heterocycles. The topological polar surface area (TPSA) is 37.4 Å². The molecular weight excluding hydrogens is 278 g/mol. The van der Waals surface area contributed by atoms with E-state index >= 15 is 0 Å². The van der Waals surface area contributed by atoms with E-state index in [4.69, 9.17) is 0 Å². The number of thiophene rings is 1. The second kappa shape index (κ2) is 4.06. The molecule has 1 aliphatic heterocycles. The first kappa shape index (κ1) is 10.8. The zero-order valence-corrected chi connectivity index (χ0v) is 10.6. The molecule has 3 nitrogen and oxygen atoms in total. The van der Waals surface area contributed by atoms with Gasteiger partial charge in [-0.1, -0.05) is 0 Å². The minimum atomic E-state index is -0.166. The van der Waals surface area contributed by atoms with Gasteiger partial charge in [-0.3, -0.25) is 14.5 Å². The Balaban J connectivity index is 2.24. The quantitative estimate of drug-likeness (QED) is 0.745. The van der Waals surface area contributed by atoms with E-state index in [9.17, 15) is 9.59 Å². The van der Waals surface area contributed by atoms with E-state index in [1.165, 1.54) is 16.2 Å². The van der Waals surface area contributed by atoms with Crippen molar-refractivity contribution in [2.24, 2.45) is 0 Å². The Morgan fingerprint density at radius 3 is 2.80 bits per heavy atom. The lowest BCUT2D eigenvalue weighted by molar-refractivity contribution is -0.126. The first-order valence-electron chi connectivity index (χ1n) is 4.71. The highest BCUT2D eigenvalue weighted by Crippen LogP contribution is 2.27. The highest BCUT2D eigenvalue weighted by atomic mass is 79.9. The smallest absolute Gasteiger partial charge is 0.270 e. The average molecular weight is 288 g/mol. The van der Waals surface area contributed by atoms with Gasteiger partial charge in [0.1, 0.15) is 0 Å². The minimum absolute atomic E-state index is 0.0332. The van der Waals surface area contributed by atoms with Crippen LogP contribution in [0.4, 0.5) is 0 Å². The number of amides is 2. The fourth-order valence-corrected chi connectivity index (χ4v) is 3.01. The molecule has 1 aliphatic rings. The highest BCUT2D eigenvalue weighted by molar-refractivity contribution is 9.11. The van der Waals surface area contributed by atoms with Crippen molar-refractivity contribution in [3.05, 3.63) is 20.8 Å². The van der Waals surface area contributed by atoms with E-state index in [-0.39, 0.29) is 17.9 Å². The van der Waals surface area contributed by atoms with Crippen molar-refractivity contribution in [2.45, 2.75) is 25.8 Å². The van der Waals surface area contributed by atoms with Gasteiger partial charge in [-0.15, -0.1) is 11.3 Å². The van der Waals surface area contributed by atoms with Crippen molar-refractivity contribution in [1.29, 1.82) is 0 Å². The first-order chi connectivity index (χ1) is 7.09. The molecule has 15 heavy (non-hydrogen) atoms. The molecule has 0 aromatic carbocycles. The van der Waals surface area contributed by atoms with Crippen LogP contribution in [-0.4, -0.2) is 22.8 Å². The Labute approximate surface area is 100 Å². The van der Waals surface area contributed by atoms with Crippen LogP contribution in [0.25, 0.3) is 0 Å². The molecule has 2 amide bonds. The summed E-state index contributed by atoms with van der Waals surface area (Å²) in [4.78, 5) is 25.5. The van der Waals surface area contributed by atoms with Crippen molar-refractivity contribution < 1.29 is 9.59 Å². The lowest BCUT2D eigenvalue weighted by Gasteiger charge is -2.18. The van der Waals surface area contributed by atoms with Gasteiger partial charge in [0, 0.05) is 12.5 Å². The molecule has 1 unspecified atom stereocenters. The van der Waals surface area contributed by atoms with Gasteiger partial charge >= 0.3 is 0 Å². The van der Waals surface area contributed by atoms with Crippen LogP contribution in [0.5, 0.6) is 0 Å². The molecule has 2 heterocycles. The summed E-state index contributed by atoms with van der Waals surface area (Å²) in [7, 11) is 0. The normalized spacial score (nSPS) is 21.1. The zero-order valence-electron chi connectivity index (χ0n) is 8.20. The van der Waals surface area contributed by atoms with Crippen molar-refractivity contribution in [1.82, 2.24) is 4.90 Å². The van der Waals surface area contributed by atoms with Crippen molar-refractivity contribution in [2.75, 3.05) is 0 Å². The van der Waals surface area contributed by atoms with Gasteiger partial charge in [-0.05, 0) is 41.4 Å². The first-order valence-corrected chi connectivity index (χ1v) is 6.32. The van der Waals surface area contributed by atoms with Gasteiger partial charge in [-0.25, -0.2) is 0 Å². The molecule has 5 heteroatoms. The summed E-state index contributed by atoms with van der Waals surface area (Å²) < 4.78 is 0.908. The van der Waals surface area contributed by atoms with E-state index in [0.717, 1.165) is 10.2 Å². The summed E-state index contributed by atoms with van der Waals surface area (Å²) in [5, 5.41) is 0. The van der Waals surface area contributed by atoms with Gasteiger partial charge in [0.05, 0.1) is 8.66 Å². The van der Waals surface area contributed by atoms with Gasteiger partial charge < -0.3 is 0 Å². The van der Waals surface area contributed by atoms with Crippen LogP contribution in [0.15, 0.2) is 15.9 Å². The lowest BCUT2D eigenvalue weighted by atomic mass is 10.2. The molecular formula is C10H10BrNO2S. The largest absolute Gasteiger partial charge is 0.275 e. The van der Waals surface area contributed by atoms with Crippen LogP contribution < -0.4 is 0 Å². The number of imide groups is 1. The van der Waals surface area contributed by atoms with Gasteiger partial charge in [0.2, 0.25) is 5.91 Å². The fourth-order valence-electron chi connectivity index (χ4n) is 1.69. The monoisotopic (exact) mass is 287 g/mol. The predicted octanol–water partition coefficient (Wildman–Crippen LogP) is 2.66. The van der Waals surface area contributed by atoms with Crippen LogP contribution in [0, 0.1) is 0 Å². The third-order valence-electron chi connectivity index (χ3n) is 2.49. The number of rotatable bonds is 1. The van der Waals surface area contributed by atoms with E-state index < -0.39 is 0 Å². The molecule has 0 bridgehead atoms. The van der Waals surface area contributed by atoms with Gasteiger partial charge in [0.15, 0.2) is 0 Å². The van der Waals surface area contributed by atoms with Gasteiger partial charge in [-0.2, -0.15) is 0 Å². The standard InChI is InChI=1S/C10H10BrNO2S/c1-6-2-5-9(13)12(6)10(14)7-3-4-8(11)15-7/h3-4,6H,2,5H2,1H3. The van der Waals surface area contributed by atoms with Crippen molar-refractivity contribution >= 4 is 39.1 Å². The average Bonchev–Trinajstić information content (AvgIpc) is 2.73. The molecule has 0 N–H and O–H groups in total. The molecule has 1 aromatic heterocycles. The Bertz CT molecular complexity index is 415. The number of carbonyl (C=O) groups excluding carboxylic acids is 2. The molecule has 1 fully saturated rings. The lowest BCUT2D eigenvalue weighted by Crippen LogP contribution is -2.36. The number of hydrogen-bond donors (Lipinski definition) is 0. The molecule has 0 radical (unpaired) electrons. The van der Waals surface area contributed by atoms with Crippen LogP contribution in [0.3, 0.4) is 0 Å². The second-order valence-electron chi connectivity index (χ2n) is 3.56. The Morgan fingerprint density at radius 1 is 1.60 bits per heavy atom.